The van der Waals surface area contributed by atoms with Gasteiger partial charge < -0.3 is 10.0 Å². The van der Waals surface area contributed by atoms with Crippen LogP contribution in [-0.2, 0) is 0 Å². The largest absolute Gasteiger partial charge is 0.396 e. The van der Waals surface area contributed by atoms with Gasteiger partial charge in [0.2, 0.25) is 0 Å². The summed E-state index contributed by atoms with van der Waals surface area (Å²) in [7, 11) is 0. The first kappa shape index (κ1) is 13.9. The Morgan fingerprint density at radius 1 is 1.44 bits per heavy atom. The highest BCUT2D eigenvalue weighted by Crippen LogP contribution is 2.38. The summed E-state index contributed by atoms with van der Waals surface area (Å²) in [4.78, 5) is 2.46. The third kappa shape index (κ3) is 3.07. The second-order valence-electron chi connectivity index (χ2n) is 5.89. The van der Waals surface area contributed by atoms with Gasteiger partial charge in [0.1, 0.15) is 0 Å². The molecule has 2 rings (SSSR count). The Morgan fingerprint density at radius 3 is 2.83 bits per heavy atom. The SMILES string of the molecule is CC1(C)CN(c2cccc(Br)c2)CCC1CCO. The van der Waals surface area contributed by atoms with Gasteiger partial charge in [-0.15, -0.1) is 0 Å². The maximum atomic E-state index is 9.15. The van der Waals surface area contributed by atoms with Gasteiger partial charge in [0.25, 0.3) is 0 Å². The molecule has 1 atom stereocenters. The van der Waals surface area contributed by atoms with Crippen molar-refractivity contribution in [3.63, 3.8) is 0 Å². The van der Waals surface area contributed by atoms with Gasteiger partial charge in [0, 0.05) is 29.9 Å². The zero-order valence-electron chi connectivity index (χ0n) is 11.2. The third-order valence-electron chi connectivity index (χ3n) is 4.10. The van der Waals surface area contributed by atoms with Crippen LogP contribution in [0.2, 0.25) is 0 Å². The van der Waals surface area contributed by atoms with Crippen LogP contribution in [-0.4, -0.2) is 24.8 Å². The van der Waals surface area contributed by atoms with E-state index in [1.807, 2.05) is 0 Å². The normalized spacial score (nSPS) is 23.1. The van der Waals surface area contributed by atoms with Crippen LogP contribution in [0.1, 0.15) is 26.7 Å². The fraction of sp³-hybridized carbons (Fsp3) is 0.600. The number of rotatable bonds is 3. The van der Waals surface area contributed by atoms with Gasteiger partial charge in [-0.1, -0.05) is 35.8 Å². The smallest absolute Gasteiger partial charge is 0.0433 e. The van der Waals surface area contributed by atoms with E-state index in [-0.39, 0.29) is 5.41 Å². The molecule has 0 saturated carbocycles. The molecule has 1 fully saturated rings. The van der Waals surface area contributed by atoms with E-state index in [0.29, 0.717) is 12.5 Å². The second kappa shape index (κ2) is 5.62. The molecule has 1 unspecified atom stereocenters. The highest BCUT2D eigenvalue weighted by Gasteiger charge is 2.35. The van der Waals surface area contributed by atoms with Crippen LogP contribution in [0.4, 0.5) is 5.69 Å². The van der Waals surface area contributed by atoms with E-state index in [9.17, 15) is 0 Å². The van der Waals surface area contributed by atoms with Gasteiger partial charge in [-0.05, 0) is 42.4 Å². The lowest BCUT2D eigenvalue weighted by Crippen LogP contribution is -2.46. The van der Waals surface area contributed by atoms with Crippen molar-refractivity contribution in [1.82, 2.24) is 0 Å². The van der Waals surface area contributed by atoms with Crippen molar-refractivity contribution in [3.05, 3.63) is 28.7 Å². The molecule has 1 aliphatic heterocycles. The van der Waals surface area contributed by atoms with Crippen molar-refractivity contribution in [3.8, 4) is 0 Å². The second-order valence-corrected chi connectivity index (χ2v) is 6.80. The van der Waals surface area contributed by atoms with E-state index in [0.717, 1.165) is 24.0 Å². The zero-order valence-corrected chi connectivity index (χ0v) is 12.8. The summed E-state index contributed by atoms with van der Waals surface area (Å²) in [6.45, 7) is 7.10. The highest BCUT2D eigenvalue weighted by atomic mass is 79.9. The molecule has 0 bridgehead atoms. The van der Waals surface area contributed by atoms with Crippen LogP contribution in [0.25, 0.3) is 0 Å². The summed E-state index contributed by atoms with van der Waals surface area (Å²) < 4.78 is 1.13. The predicted molar refractivity (Wildman–Crippen MR) is 79.9 cm³/mol. The fourth-order valence-corrected chi connectivity index (χ4v) is 3.37. The Hall–Kier alpha value is -0.540. The summed E-state index contributed by atoms with van der Waals surface area (Å²) in [5, 5.41) is 9.15. The Balaban J connectivity index is 2.11. The number of benzene rings is 1. The van der Waals surface area contributed by atoms with Crippen LogP contribution in [0.3, 0.4) is 0 Å². The third-order valence-corrected chi connectivity index (χ3v) is 4.60. The fourth-order valence-electron chi connectivity index (χ4n) is 2.99. The van der Waals surface area contributed by atoms with E-state index >= 15 is 0 Å². The molecule has 2 nitrogen and oxygen atoms in total. The number of aliphatic hydroxyl groups excluding tert-OH is 1. The number of hydrogen-bond donors (Lipinski definition) is 1. The number of nitrogens with zero attached hydrogens (tertiary/aromatic N) is 1. The number of hydrogen-bond acceptors (Lipinski definition) is 2. The van der Waals surface area contributed by atoms with E-state index in [1.165, 1.54) is 12.1 Å². The molecule has 0 radical (unpaired) electrons. The molecule has 0 amide bonds. The van der Waals surface area contributed by atoms with Gasteiger partial charge in [-0.25, -0.2) is 0 Å². The van der Waals surface area contributed by atoms with E-state index in [4.69, 9.17) is 5.11 Å². The summed E-state index contributed by atoms with van der Waals surface area (Å²) >= 11 is 3.53. The molecule has 3 heteroatoms. The molecular formula is C15H22BrNO. The van der Waals surface area contributed by atoms with Crippen LogP contribution >= 0.6 is 15.9 Å². The van der Waals surface area contributed by atoms with E-state index in [1.54, 1.807) is 0 Å². The molecule has 0 aliphatic carbocycles. The van der Waals surface area contributed by atoms with Gasteiger partial charge >= 0.3 is 0 Å². The van der Waals surface area contributed by atoms with Crippen molar-refractivity contribution in [2.45, 2.75) is 26.7 Å². The quantitative estimate of drug-likeness (QED) is 0.920. The van der Waals surface area contributed by atoms with Crippen LogP contribution in [0.15, 0.2) is 28.7 Å². The molecule has 1 saturated heterocycles. The first-order chi connectivity index (χ1) is 8.53. The summed E-state index contributed by atoms with van der Waals surface area (Å²) in [5.74, 6) is 0.630. The minimum absolute atomic E-state index is 0.267. The Morgan fingerprint density at radius 2 is 2.22 bits per heavy atom. The van der Waals surface area contributed by atoms with E-state index < -0.39 is 0 Å². The van der Waals surface area contributed by atoms with Gasteiger partial charge in [-0.3, -0.25) is 0 Å². The average molecular weight is 312 g/mol. The molecule has 1 aliphatic rings. The van der Waals surface area contributed by atoms with Crippen molar-refractivity contribution >= 4 is 21.6 Å². The lowest BCUT2D eigenvalue weighted by atomic mass is 9.72. The first-order valence-corrected chi connectivity index (χ1v) is 7.43. The molecule has 0 spiro atoms. The Bertz CT molecular complexity index is 405. The number of aliphatic hydroxyl groups is 1. The molecular weight excluding hydrogens is 290 g/mol. The van der Waals surface area contributed by atoms with Crippen molar-refractivity contribution in [2.75, 3.05) is 24.6 Å². The molecule has 0 aromatic heterocycles. The Labute approximate surface area is 118 Å². The summed E-state index contributed by atoms with van der Waals surface area (Å²) in [6.07, 6.45) is 2.10. The topological polar surface area (TPSA) is 23.5 Å². The van der Waals surface area contributed by atoms with Gasteiger partial charge in [0.05, 0.1) is 0 Å². The average Bonchev–Trinajstić information content (AvgIpc) is 2.31. The number of piperidine rings is 1. The number of halogens is 1. The summed E-state index contributed by atoms with van der Waals surface area (Å²) in [6, 6.07) is 8.51. The standard InChI is InChI=1S/C15H22BrNO/c1-15(2)11-17(8-6-12(15)7-9-18)14-5-3-4-13(16)10-14/h3-5,10,12,18H,6-9,11H2,1-2H3. The first-order valence-electron chi connectivity index (χ1n) is 6.64. The highest BCUT2D eigenvalue weighted by molar-refractivity contribution is 9.10. The molecule has 18 heavy (non-hydrogen) atoms. The van der Waals surface area contributed by atoms with Gasteiger partial charge in [-0.2, -0.15) is 0 Å². The molecule has 1 aromatic rings. The van der Waals surface area contributed by atoms with Crippen molar-refractivity contribution < 1.29 is 5.11 Å². The molecule has 1 aromatic carbocycles. The summed E-state index contributed by atoms with van der Waals surface area (Å²) in [5.41, 5.74) is 1.56. The predicted octanol–water partition coefficient (Wildman–Crippen LogP) is 3.68. The lowest BCUT2D eigenvalue weighted by Gasteiger charge is -2.45. The van der Waals surface area contributed by atoms with Crippen molar-refractivity contribution in [1.29, 1.82) is 0 Å². The molecule has 1 heterocycles. The molecule has 100 valence electrons. The Kier molecular flexibility index (Phi) is 4.33. The zero-order chi connectivity index (χ0) is 13.2. The van der Waals surface area contributed by atoms with Crippen LogP contribution in [0.5, 0.6) is 0 Å². The van der Waals surface area contributed by atoms with Crippen LogP contribution in [0, 0.1) is 11.3 Å². The molecule has 1 N–H and O–H groups in total. The van der Waals surface area contributed by atoms with Gasteiger partial charge in [0.15, 0.2) is 0 Å². The van der Waals surface area contributed by atoms with Crippen LogP contribution < -0.4 is 4.90 Å². The van der Waals surface area contributed by atoms with Crippen molar-refractivity contribution in [2.24, 2.45) is 11.3 Å². The van der Waals surface area contributed by atoms with E-state index in [2.05, 4.69) is 58.9 Å². The lowest BCUT2D eigenvalue weighted by molar-refractivity contribution is 0.134. The maximum Gasteiger partial charge on any atom is 0.0433 e. The maximum absolute atomic E-state index is 9.15. The monoisotopic (exact) mass is 311 g/mol. The minimum Gasteiger partial charge on any atom is -0.396 e. The number of anilines is 1. The minimum atomic E-state index is 0.267.